The molecule has 0 aliphatic carbocycles. The average Bonchev–Trinajstić information content (AvgIpc) is 3.14. The van der Waals surface area contributed by atoms with Crippen molar-refractivity contribution in [3.63, 3.8) is 0 Å². The fourth-order valence-electron chi connectivity index (χ4n) is 3.72. The van der Waals surface area contributed by atoms with Crippen LogP contribution < -0.4 is 5.73 Å². The number of benzene rings is 1. The van der Waals surface area contributed by atoms with E-state index < -0.39 is 5.91 Å². The molecule has 1 saturated heterocycles. The van der Waals surface area contributed by atoms with Crippen LogP contribution in [0, 0.1) is 0 Å². The van der Waals surface area contributed by atoms with Crippen molar-refractivity contribution in [3.05, 3.63) is 60.4 Å². The van der Waals surface area contributed by atoms with Gasteiger partial charge >= 0.3 is 0 Å². The Morgan fingerprint density at radius 2 is 2.00 bits per heavy atom. The molecule has 0 bridgehead atoms. The van der Waals surface area contributed by atoms with Gasteiger partial charge in [-0.25, -0.2) is 4.98 Å². The van der Waals surface area contributed by atoms with E-state index in [9.17, 15) is 9.59 Å². The minimum absolute atomic E-state index is 0.0709. The van der Waals surface area contributed by atoms with Crippen LogP contribution in [-0.2, 0) is 11.3 Å². The summed E-state index contributed by atoms with van der Waals surface area (Å²) in [7, 11) is 0. The molecule has 1 fully saturated rings. The Morgan fingerprint density at radius 3 is 2.81 bits per heavy atom. The molecule has 7 nitrogen and oxygen atoms in total. The average molecular weight is 363 g/mol. The number of hydrogen-bond donors (Lipinski definition) is 1. The second-order valence-corrected chi connectivity index (χ2v) is 6.89. The lowest BCUT2D eigenvalue weighted by Gasteiger charge is -2.32. The van der Waals surface area contributed by atoms with Gasteiger partial charge in [0.1, 0.15) is 18.1 Å². The molecule has 2 N–H and O–H groups in total. The van der Waals surface area contributed by atoms with E-state index in [4.69, 9.17) is 5.73 Å². The zero-order valence-electron chi connectivity index (χ0n) is 14.9. The van der Waals surface area contributed by atoms with E-state index in [0.717, 1.165) is 29.4 Å². The molecular weight excluding hydrogens is 342 g/mol. The predicted octanol–water partition coefficient (Wildman–Crippen LogP) is 1.94. The summed E-state index contributed by atoms with van der Waals surface area (Å²) in [5.74, 6) is 0.409. The third kappa shape index (κ3) is 3.53. The van der Waals surface area contributed by atoms with Crippen molar-refractivity contribution in [2.75, 3.05) is 13.1 Å². The first-order valence-electron chi connectivity index (χ1n) is 9.05. The number of rotatable bonds is 4. The topological polar surface area (TPSA) is 94.1 Å². The fraction of sp³-hybridized carbons (Fsp3) is 0.300. The van der Waals surface area contributed by atoms with Crippen LogP contribution in [0.25, 0.3) is 10.8 Å². The lowest BCUT2D eigenvalue weighted by molar-refractivity contribution is -0.118. The standard InChI is InChI=1S/C20H21N5O2/c21-18(26)13-24-9-7-22-19(24)16-6-3-8-25(12-16)20(27)17-10-14-4-1-2-5-15(14)11-23-17/h1-2,4-5,7,9-11,16H,3,6,8,12-13H2,(H2,21,26)/t16-/m1/s1. The number of pyridine rings is 1. The fourth-order valence-corrected chi connectivity index (χ4v) is 3.72. The van der Waals surface area contributed by atoms with E-state index in [1.165, 1.54) is 0 Å². The van der Waals surface area contributed by atoms with Gasteiger partial charge in [0.15, 0.2) is 0 Å². The maximum Gasteiger partial charge on any atom is 0.272 e. The molecular formula is C20H21N5O2. The number of likely N-dealkylation sites (tertiary alicyclic amines) is 1. The monoisotopic (exact) mass is 363 g/mol. The molecule has 4 rings (SSSR count). The number of piperidine rings is 1. The molecule has 7 heteroatoms. The zero-order valence-corrected chi connectivity index (χ0v) is 14.9. The molecule has 2 amide bonds. The minimum atomic E-state index is -0.404. The van der Waals surface area contributed by atoms with Gasteiger partial charge in [-0.3, -0.25) is 14.6 Å². The van der Waals surface area contributed by atoms with Crippen LogP contribution in [0.3, 0.4) is 0 Å². The van der Waals surface area contributed by atoms with Gasteiger partial charge in [0, 0.05) is 43.0 Å². The van der Waals surface area contributed by atoms with Crippen molar-refractivity contribution in [1.82, 2.24) is 19.4 Å². The highest BCUT2D eigenvalue weighted by atomic mass is 16.2. The highest BCUT2D eigenvalue weighted by Gasteiger charge is 2.28. The summed E-state index contributed by atoms with van der Waals surface area (Å²) in [5, 5.41) is 2.01. The number of fused-ring (bicyclic) bond motifs is 1. The van der Waals surface area contributed by atoms with Crippen LogP contribution in [0.15, 0.2) is 48.9 Å². The Labute approximate surface area is 156 Å². The van der Waals surface area contributed by atoms with E-state index in [0.29, 0.717) is 18.8 Å². The van der Waals surface area contributed by atoms with Crippen LogP contribution >= 0.6 is 0 Å². The van der Waals surface area contributed by atoms with Crippen molar-refractivity contribution >= 4 is 22.6 Å². The van der Waals surface area contributed by atoms with Crippen LogP contribution in [0.4, 0.5) is 0 Å². The molecule has 1 aliphatic heterocycles. The SMILES string of the molecule is NC(=O)Cn1ccnc1[C@@H]1CCCN(C(=O)c2cc3ccccc3cn2)C1. The first-order chi connectivity index (χ1) is 13.1. The number of hydrogen-bond acceptors (Lipinski definition) is 4. The van der Waals surface area contributed by atoms with Gasteiger partial charge < -0.3 is 15.2 Å². The first kappa shape index (κ1) is 17.2. The molecule has 0 spiro atoms. The van der Waals surface area contributed by atoms with Crippen LogP contribution in [0.2, 0.25) is 0 Å². The molecule has 138 valence electrons. The van der Waals surface area contributed by atoms with Gasteiger partial charge in [-0.2, -0.15) is 0 Å². The van der Waals surface area contributed by atoms with Gasteiger partial charge in [0.25, 0.3) is 5.91 Å². The number of carbonyl (C=O) groups excluding carboxylic acids is 2. The second kappa shape index (κ2) is 7.19. The highest BCUT2D eigenvalue weighted by molar-refractivity contribution is 5.96. The molecule has 1 aromatic carbocycles. The summed E-state index contributed by atoms with van der Waals surface area (Å²) >= 11 is 0. The Hall–Kier alpha value is -3.22. The van der Waals surface area contributed by atoms with Crippen molar-refractivity contribution in [2.45, 2.75) is 25.3 Å². The smallest absolute Gasteiger partial charge is 0.272 e. The third-order valence-corrected chi connectivity index (χ3v) is 5.00. The first-order valence-corrected chi connectivity index (χ1v) is 9.05. The summed E-state index contributed by atoms with van der Waals surface area (Å²) in [6.07, 6.45) is 6.97. The summed E-state index contributed by atoms with van der Waals surface area (Å²) in [6, 6.07) is 9.70. The number of imidazole rings is 1. The van der Waals surface area contributed by atoms with E-state index in [1.54, 1.807) is 23.2 Å². The van der Waals surface area contributed by atoms with Gasteiger partial charge in [-0.05, 0) is 24.3 Å². The molecule has 3 aromatic rings. The maximum absolute atomic E-state index is 13.0. The molecule has 2 aromatic heterocycles. The van der Waals surface area contributed by atoms with Crippen molar-refractivity contribution < 1.29 is 9.59 Å². The van der Waals surface area contributed by atoms with Crippen molar-refractivity contribution in [2.24, 2.45) is 5.73 Å². The van der Waals surface area contributed by atoms with Crippen LogP contribution in [-0.4, -0.2) is 44.3 Å². The zero-order chi connectivity index (χ0) is 18.8. The largest absolute Gasteiger partial charge is 0.368 e. The maximum atomic E-state index is 13.0. The highest BCUT2D eigenvalue weighted by Crippen LogP contribution is 2.27. The molecule has 3 heterocycles. The summed E-state index contributed by atoms with van der Waals surface area (Å²) in [6.45, 7) is 1.36. The molecule has 0 unspecified atom stereocenters. The molecule has 1 aliphatic rings. The molecule has 1 atom stereocenters. The van der Waals surface area contributed by atoms with Gasteiger partial charge in [0.2, 0.25) is 5.91 Å². The number of nitrogens with two attached hydrogens (primary N) is 1. The summed E-state index contributed by atoms with van der Waals surface area (Å²) < 4.78 is 1.77. The van der Waals surface area contributed by atoms with Crippen LogP contribution in [0.1, 0.15) is 35.1 Å². The van der Waals surface area contributed by atoms with Gasteiger partial charge in [-0.15, -0.1) is 0 Å². The molecule has 27 heavy (non-hydrogen) atoms. The molecule has 0 saturated carbocycles. The van der Waals surface area contributed by atoms with Crippen molar-refractivity contribution in [1.29, 1.82) is 0 Å². The number of amides is 2. The van der Waals surface area contributed by atoms with Crippen molar-refractivity contribution in [3.8, 4) is 0 Å². The third-order valence-electron chi connectivity index (χ3n) is 5.00. The lowest BCUT2D eigenvalue weighted by atomic mass is 9.96. The van der Waals surface area contributed by atoms with Crippen LogP contribution in [0.5, 0.6) is 0 Å². The quantitative estimate of drug-likeness (QED) is 0.766. The number of aromatic nitrogens is 3. The van der Waals surface area contributed by atoms with E-state index in [-0.39, 0.29) is 18.4 Å². The Morgan fingerprint density at radius 1 is 1.19 bits per heavy atom. The van der Waals surface area contributed by atoms with Gasteiger partial charge in [-0.1, -0.05) is 24.3 Å². The summed E-state index contributed by atoms with van der Waals surface area (Å²) in [5.41, 5.74) is 5.77. The Bertz CT molecular complexity index is 997. The molecule has 0 radical (unpaired) electrons. The van der Waals surface area contributed by atoms with E-state index in [2.05, 4.69) is 9.97 Å². The number of carbonyl (C=O) groups is 2. The van der Waals surface area contributed by atoms with E-state index in [1.807, 2.05) is 35.2 Å². The number of nitrogens with zero attached hydrogens (tertiary/aromatic N) is 4. The number of primary amides is 1. The lowest BCUT2D eigenvalue weighted by Crippen LogP contribution is -2.40. The second-order valence-electron chi connectivity index (χ2n) is 6.89. The Balaban J connectivity index is 1.54. The van der Waals surface area contributed by atoms with E-state index >= 15 is 0 Å². The Kier molecular flexibility index (Phi) is 4.58. The minimum Gasteiger partial charge on any atom is -0.368 e. The summed E-state index contributed by atoms with van der Waals surface area (Å²) in [4.78, 5) is 34.8. The van der Waals surface area contributed by atoms with Gasteiger partial charge in [0.05, 0.1) is 0 Å². The normalized spacial score (nSPS) is 17.2. The predicted molar refractivity (Wildman–Crippen MR) is 101 cm³/mol.